The van der Waals surface area contributed by atoms with Gasteiger partial charge in [0.2, 0.25) is 0 Å². The van der Waals surface area contributed by atoms with Crippen LogP contribution in [0.5, 0.6) is 0 Å². The standard InChI is InChI=1S/C21H35N3O2.HI/c1-4-22-21(23-12-8-13-26-19-11-14-25-16-19)24-15-20(17(2)3)18-9-6-5-7-10-18;/h5-7,9-10,17,19-20H,4,8,11-16H2,1-3H3,(H2,22,23,24);1H. The van der Waals surface area contributed by atoms with Crippen LogP contribution in [-0.2, 0) is 9.47 Å². The van der Waals surface area contributed by atoms with E-state index in [1.165, 1.54) is 5.56 Å². The van der Waals surface area contributed by atoms with Crippen LogP contribution in [0, 0.1) is 5.92 Å². The lowest BCUT2D eigenvalue weighted by atomic mass is 9.88. The molecule has 2 atom stereocenters. The Morgan fingerprint density at radius 1 is 1.26 bits per heavy atom. The molecule has 1 aromatic carbocycles. The van der Waals surface area contributed by atoms with Gasteiger partial charge in [-0.1, -0.05) is 44.2 Å². The maximum Gasteiger partial charge on any atom is 0.191 e. The van der Waals surface area contributed by atoms with E-state index in [0.29, 0.717) is 11.8 Å². The predicted octanol–water partition coefficient (Wildman–Crippen LogP) is 3.79. The van der Waals surface area contributed by atoms with Crippen LogP contribution in [0.25, 0.3) is 0 Å². The third-order valence-corrected chi connectivity index (χ3v) is 4.68. The molecule has 0 aliphatic carbocycles. The molecule has 154 valence electrons. The summed E-state index contributed by atoms with van der Waals surface area (Å²) in [6.45, 7) is 11.5. The van der Waals surface area contributed by atoms with Gasteiger partial charge in [0.25, 0.3) is 0 Å². The summed E-state index contributed by atoms with van der Waals surface area (Å²) in [6.07, 6.45) is 2.27. The highest BCUT2D eigenvalue weighted by Crippen LogP contribution is 2.24. The molecule has 2 unspecified atom stereocenters. The van der Waals surface area contributed by atoms with Gasteiger partial charge in [-0.2, -0.15) is 0 Å². The van der Waals surface area contributed by atoms with Crippen molar-refractivity contribution in [2.45, 2.75) is 45.6 Å². The fourth-order valence-corrected chi connectivity index (χ4v) is 3.11. The molecule has 27 heavy (non-hydrogen) atoms. The molecule has 0 aromatic heterocycles. The van der Waals surface area contributed by atoms with Gasteiger partial charge in [0.05, 0.1) is 12.7 Å². The second kappa shape index (κ2) is 14.2. The lowest BCUT2D eigenvalue weighted by Gasteiger charge is -2.20. The number of aliphatic imine (C=N–C) groups is 1. The van der Waals surface area contributed by atoms with Crippen LogP contribution < -0.4 is 10.6 Å². The Bertz CT molecular complexity index is 519. The zero-order chi connectivity index (χ0) is 18.6. The number of guanidine groups is 1. The van der Waals surface area contributed by atoms with Crippen molar-refractivity contribution in [1.29, 1.82) is 0 Å². The second-order valence-electron chi connectivity index (χ2n) is 7.12. The van der Waals surface area contributed by atoms with Crippen molar-refractivity contribution in [1.82, 2.24) is 10.6 Å². The van der Waals surface area contributed by atoms with Gasteiger partial charge in [0, 0.05) is 38.8 Å². The van der Waals surface area contributed by atoms with Gasteiger partial charge in [-0.3, -0.25) is 4.99 Å². The number of hydrogen-bond acceptors (Lipinski definition) is 3. The molecule has 1 aliphatic rings. The molecular formula is C21H36IN3O2. The van der Waals surface area contributed by atoms with Gasteiger partial charge in [-0.25, -0.2) is 0 Å². The molecule has 1 saturated heterocycles. The molecule has 1 aliphatic heterocycles. The van der Waals surface area contributed by atoms with E-state index in [4.69, 9.17) is 14.5 Å². The van der Waals surface area contributed by atoms with Gasteiger partial charge in [0.15, 0.2) is 5.96 Å². The van der Waals surface area contributed by atoms with Crippen LogP contribution in [0.1, 0.15) is 45.1 Å². The van der Waals surface area contributed by atoms with Crippen LogP contribution in [0.2, 0.25) is 0 Å². The molecule has 1 fully saturated rings. The molecule has 0 amide bonds. The Balaban J connectivity index is 0.00000364. The second-order valence-corrected chi connectivity index (χ2v) is 7.12. The van der Waals surface area contributed by atoms with Crippen LogP contribution in [0.15, 0.2) is 35.3 Å². The third-order valence-electron chi connectivity index (χ3n) is 4.68. The minimum atomic E-state index is 0. The third kappa shape index (κ3) is 9.25. The van der Waals surface area contributed by atoms with Gasteiger partial charge >= 0.3 is 0 Å². The molecule has 6 heteroatoms. The first kappa shape index (κ1) is 24.2. The highest BCUT2D eigenvalue weighted by Gasteiger charge is 2.16. The predicted molar refractivity (Wildman–Crippen MR) is 123 cm³/mol. The molecule has 2 rings (SSSR count). The van der Waals surface area contributed by atoms with Crippen LogP contribution in [0.3, 0.4) is 0 Å². The van der Waals surface area contributed by atoms with Crippen LogP contribution in [0.4, 0.5) is 0 Å². The maximum atomic E-state index is 5.81. The average molecular weight is 489 g/mol. The normalized spacial score (nSPS) is 18.2. The highest BCUT2D eigenvalue weighted by molar-refractivity contribution is 14.0. The van der Waals surface area contributed by atoms with Crippen LogP contribution >= 0.6 is 24.0 Å². The quantitative estimate of drug-likeness (QED) is 0.227. The van der Waals surface area contributed by atoms with E-state index in [0.717, 1.165) is 58.3 Å². The van der Waals surface area contributed by atoms with Crippen molar-refractivity contribution < 1.29 is 9.47 Å². The van der Waals surface area contributed by atoms with Gasteiger partial charge in [-0.05, 0) is 31.2 Å². The first-order chi connectivity index (χ1) is 12.7. The van der Waals surface area contributed by atoms with Crippen molar-refractivity contribution in [3.8, 4) is 0 Å². The number of halogens is 1. The summed E-state index contributed by atoms with van der Waals surface area (Å²) in [4.78, 5) is 4.82. The molecule has 0 bridgehead atoms. The van der Waals surface area contributed by atoms with Crippen molar-refractivity contribution in [2.75, 3.05) is 39.5 Å². The molecular weight excluding hydrogens is 453 g/mol. The van der Waals surface area contributed by atoms with E-state index in [1.807, 2.05) is 0 Å². The summed E-state index contributed by atoms with van der Waals surface area (Å²) in [5, 5.41) is 6.76. The fourth-order valence-electron chi connectivity index (χ4n) is 3.11. The summed E-state index contributed by atoms with van der Waals surface area (Å²) >= 11 is 0. The molecule has 1 aromatic rings. The highest BCUT2D eigenvalue weighted by atomic mass is 127. The summed E-state index contributed by atoms with van der Waals surface area (Å²) < 4.78 is 11.1. The summed E-state index contributed by atoms with van der Waals surface area (Å²) in [7, 11) is 0. The topological polar surface area (TPSA) is 54.9 Å². The molecule has 0 radical (unpaired) electrons. The molecule has 0 saturated carbocycles. The first-order valence-corrected chi connectivity index (χ1v) is 9.97. The summed E-state index contributed by atoms with van der Waals surface area (Å²) in [6, 6.07) is 10.7. The zero-order valence-corrected chi connectivity index (χ0v) is 19.3. The Kier molecular flexibility index (Phi) is 12.7. The Morgan fingerprint density at radius 3 is 2.67 bits per heavy atom. The minimum Gasteiger partial charge on any atom is -0.379 e. The number of hydrogen-bond donors (Lipinski definition) is 2. The van der Waals surface area contributed by atoms with E-state index >= 15 is 0 Å². The van der Waals surface area contributed by atoms with Crippen molar-refractivity contribution in [2.24, 2.45) is 10.9 Å². The van der Waals surface area contributed by atoms with Crippen molar-refractivity contribution in [3.05, 3.63) is 35.9 Å². The number of nitrogens with zero attached hydrogens (tertiary/aromatic N) is 1. The van der Waals surface area contributed by atoms with Gasteiger partial charge in [-0.15, -0.1) is 24.0 Å². The average Bonchev–Trinajstić information content (AvgIpc) is 3.15. The van der Waals surface area contributed by atoms with E-state index in [9.17, 15) is 0 Å². The Labute approximate surface area is 181 Å². The Morgan fingerprint density at radius 2 is 2.04 bits per heavy atom. The lowest BCUT2D eigenvalue weighted by Crippen LogP contribution is -2.38. The maximum absolute atomic E-state index is 5.81. The zero-order valence-electron chi connectivity index (χ0n) is 16.9. The number of benzene rings is 1. The monoisotopic (exact) mass is 489 g/mol. The summed E-state index contributed by atoms with van der Waals surface area (Å²) in [5.41, 5.74) is 1.36. The number of ether oxygens (including phenoxy) is 2. The molecule has 1 heterocycles. The van der Waals surface area contributed by atoms with Crippen molar-refractivity contribution >= 4 is 29.9 Å². The number of nitrogens with one attached hydrogen (secondary N) is 2. The molecule has 0 spiro atoms. The van der Waals surface area contributed by atoms with Crippen molar-refractivity contribution in [3.63, 3.8) is 0 Å². The van der Waals surface area contributed by atoms with Crippen LogP contribution in [-0.4, -0.2) is 51.5 Å². The van der Waals surface area contributed by atoms with Gasteiger partial charge < -0.3 is 20.1 Å². The molecule has 2 N–H and O–H groups in total. The SMILES string of the molecule is CCNC(=NCC(c1ccccc1)C(C)C)NCCCOC1CCOC1.I. The van der Waals surface area contributed by atoms with E-state index in [-0.39, 0.29) is 30.1 Å². The Hall–Kier alpha value is -0.860. The van der Waals surface area contributed by atoms with E-state index in [2.05, 4.69) is 61.7 Å². The number of rotatable bonds is 10. The largest absolute Gasteiger partial charge is 0.379 e. The fraction of sp³-hybridized carbons (Fsp3) is 0.667. The smallest absolute Gasteiger partial charge is 0.191 e. The minimum absolute atomic E-state index is 0. The van der Waals surface area contributed by atoms with E-state index in [1.54, 1.807) is 0 Å². The first-order valence-electron chi connectivity index (χ1n) is 9.97. The summed E-state index contributed by atoms with van der Waals surface area (Å²) in [5.74, 6) is 1.86. The lowest BCUT2D eigenvalue weighted by molar-refractivity contribution is 0.0420. The van der Waals surface area contributed by atoms with Gasteiger partial charge in [0.1, 0.15) is 0 Å². The van der Waals surface area contributed by atoms with E-state index < -0.39 is 0 Å². The molecule has 5 nitrogen and oxygen atoms in total.